The molecule has 4 aromatic rings. The molecule has 0 unspecified atom stereocenters. The molecule has 0 spiro atoms. The van der Waals surface area contributed by atoms with Crippen molar-refractivity contribution >= 4 is 54.9 Å². The molecule has 0 saturated carbocycles. The number of fused-ring (bicyclic) bond motifs is 1. The zero-order valence-corrected chi connectivity index (χ0v) is 15.6. The SMILES string of the molecule is Nc1nc(Nc2cccc(Br)c2)c2cc(Cc3ccccc3)sc2n1. The van der Waals surface area contributed by atoms with Crippen LogP contribution in [0.25, 0.3) is 10.2 Å². The van der Waals surface area contributed by atoms with Crippen molar-refractivity contribution in [3.63, 3.8) is 0 Å². The van der Waals surface area contributed by atoms with E-state index in [-0.39, 0.29) is 5.95 Å². The van der Waals surface area contributed by atoms with Crippen LogP contribution < -0.4 is 11.1 Å². The van der Waals surface area contributed by atoms with Gasteiger partial charge >= 0.3 is 0 Å². The van der Waals surface area contributed by atoms with Crippen molar-refractivity contribution in [2.24, 2.45) is 0 Å². The first-order valence-electron chi connectivity index (χ1n) is 7.80. The molecule has 0 atom stereocenters. The third-order valence-corrected chi connectivity index (χ3v) is 5.29. The van der Waals surface area contributed by atoms with E-state index >= 15 is 0 Å². The fourth-order valence-corrected chi connectivity index (χ4v) is 4.14. The number of thiophene rings is 1. The summed E-state index contributed by atoms with van der Waals surface area (Å²) in [6, 6.07) is 20.5. The molecule has 3 N–H and O–H groups in total. The standard InChI is InChI=1S/C19H15BrN4S/c20-13-7-4-8-14(10-13)22-17-16-11-15(9-12-5-2-1-3-6-12)25-18(16)24-19(21)23-17/h1-8,10-11H,9H2,(H3,21,22,23,24). The summed E-state index contributed by atoms with van der Waals surface area (Å²) in [6.45, 7) is 0. The maximum absolute atomic E-state index is 5.91. The number of aromatic nitrogens is 2. The first-order chi connectivity index (χ1) is 12.2. The molecule has 0 aliphatic heterocycles. The highest BCUT2D eigenvalue weighted by Crippen LogP contribution is 2.32. The molecular formula is C19H15BrN4S. The van der Waals surface area contributed by atoms with Crippen molar-refractivity contribution in [1.29, 1.82) is 0 Å². The number of hydrogen-bond acceptors (Lipinski definition) is 5. The van der Waals surface area contributed by atoms with E-state index < -0.39 is 0 Å². The average molecular weight is 411 g/mol. The first-order valence-corrected chi connectivity index (χ1v) is 9.41. The molecular weight excluding hydrogens is 396 g/mol. The zero-order chi connectivity index (χ0) is 17.2. The van der Waals surface area contributed by atoms with Crippen molar-refractivity contribution in [3.8, 4) is 0 Å². The van der Waals surface area contributed by atoms with E-state index in [1.165, 1.54) is 10.4 Å². The molecule has 4 nitrogen and oxygen atoms in total. The smallest absolute Gasteiger partial charge is 0.223 e. The molecule has 0 fully saturated rings. The summed E-state index contributed by atoms with van der Waals surface area (Å²) in [5.74, 6) is 1.01. The number of benzene rings is 2. The second-order valence-electron chi connectivity index (χ2n) is 5.66. The molecule has 2 heterocycles. The van der Waals surface area contributed by atoms with Crippen LogP contribution in [0.4, 0.5) is 17.5 Å². The van der Waals surface area contributed by atoms with Gasteiger partial charge in [-0.05, 0) is 29.8 Å². The summed E-state index contributed by atoms with van der Waals surface area (Å²) >= 11 is 5.14. The van der Waals surface area contributed by atoms with E-state index in [2.05, 4.69) is 61.5 Å². The topological polar surface area (TPSA) is 63.8 Å². The Bertz CT molecular complexity index is 1030. The monoisotopic (exact) mass is 410 g/mol. The van der Waals surface area contributed by atoms with E-state index in [4.69, 9.17) is 5.73 Å². The Balaban J connectivity index is 1.71. The van der Waals surface area contributed by atoms with Crippen molar-refractivity contribution < 1.29 is 0 Å². The molecule has 25 heavy (non-hydrogen) atoms. The lowest BCUT2D eigenvalue weighted by Gasteiger charge is -2.07. The van der Waals surface area contributed by atoms with Crippen LogP contribution >= 0.6 is 27.3 Å². The third-order valence-electron chi connectivity index (χ3n) is 3.77. The van der Waals surface area contributed by atoms with Gasteiger partial charge in [-0.3, -0.25) is 0 Å². The molecule has 0 radical (unpaired) electrons. The fraction of sp³-hybridized carbons (Fsp3) is 0.0526. The van der Waals surface area contributed by atoms with Crippen LogP contribution in [-0.4, -0.2) is 9.97 Å². The van der Waals surface area contributed by atoms with Gasteiger partial charge in [0.15, 0.2) is 0 Å². The predicted molar refractivity (Wildman–Crippen MR) is 109 cm³/mol. The van der Waals surface area contributed by atoms with Gasteiger partial charge in [0, 0.05) is 21.5 Å². The summed E-state index contributed by atoms with van der Waals surface area (Å²) in [6.07, 6.45) is 0.873. The number of nitrogens with one attached hydrogen (secondary N) is 1. The number of anilines is 3. The van der Waals surface area contributed by atoms with Crippen LogP contribution in [0, 0.1) is 0 Å². The molecule has 124 valence electrons. The normalized spacial score (nSPS) is 10.9. The highest BCUT2D eigenvalue weighted by atomic mass is 79.9. The van der Waals surface area contributed by atoms with E-state index in [1.807, 2.05) is 30.3 Å². The minimum Gasteiger partial charge on any atom is -0.368 e. The van der Waals surface area contributed by atoms with Gasteiger partial charge in [-0.15, -0.1) is 11.3 Å². The Labute approximate surface area is 157 Å². The lowest BCUT2D eigenvalue weighted by Crippen LogP contribution is -2.00. The summed E-state index contributed by atoms with van der Waals surface area (Å²) in [5.41, 5.74) is 8.13. The summed E-state index contributed by atoms with van der Waals surface area (Å²) in [5, 5.41) is 4.34. The quantitative estimate of drug-likeness (QED) is 0.474. The van der Waals surface area contributed by atoms with Crippen molar-refractivity contribution in [2.45, 2.75) is 6.42 Å². The van der Waals surface area contributed by atoms with Gasteiger partial charge in [-0.25, -0.2) is 4.98 Å². The Hall–Kier alpha value is -2.44. The number of nitrogens with zero attached hydrogens (tertiary/aromatic N) is 2. The van der Waals surface area contributed by atoms with Gasteiger partial charge in [0.1, 0.15) is 10.6 Å². The van der Waals surface area contributed by atoms with E-state index in [0.717, 1.165) is 32.6 Å². The summed E-state index contributed by atoms with van der Waals surface area (Å²) < 4.78 is 1.01. The minimum absolute atomic E-state index is 0.276. The maximum Gasteiger partial charge on any atom is 0.223 e. The molecule has 2 aromatic carbocycles. The van der Waals surface area contributed by atoms with Gasteiger partial charge in [-0.2, -0.15) is 4.98 Å². The lowest BCUT2D eigenvalue weighted by atomic mass is 10.1. The highest BCUT2D eigenvalue weighted by molar-refractivity contribution is 9.10. The second-order valence-corrected chi connectivity index (χ2v) is 7.69. The number of rotatable bonds is 4. The first kappa shape index (κ1) is 16.1. The molecule has 0 saturated heterocycles. The Morgan fingerprint density at radius 3 is 2.64 bits per heavy atom. The van der Waals surface area contributed by atoms with Crippen molar-refractivity contribution in [2.75, 3.05) is 11.1 Å². The number of nitrogen functional groups attached to an aromatic ring is 1. The Morgan fingerprint density at radius 1 is 1.00 bits per heavy atom. The largest absolute Gasteiger partial charge is 0.368 e. The summed E-state index contributed by atoms with van der Waals surface area (Å²) in [4.78, 5) is 10.9. The number of hydrogen-bond donors (Lipinski definition) is 2. The van der Waals surface area contributed by atoms with Crippen LogP contribution in [0.2, 0.25) is 0 Å². The molecule has 0 aliphatic carbocycles. The minimum atomic E-state index is 0.276. The van der Waals surface area contributed by atoms with E-state index in [9.17, 15) is 0 Å². The molecule has 4 rings (SSSR count). The Morgan fingerprint density at radius 2 is 1.84 bits per heavy atom. The number of halogens is 1. The van der Waals surface area contributed by atoms with Gasteiger partial charge in [0.2, 0.25) is 5.95 Å². The molecule has 6 heteroatoms. The van der Waals surface area contributed by atoms with Crippen molar-refractivity contribution in [1.82, 2.24) is 9.97 Å². The molecule has 0 amide bonds. The van der Waals surface area contributed by atoms with Crippen LogP contribution in [0.15, 0.2) is 65.1 Å². The van der Waals surface area contributed by atoms with Crippen molar-refractivity contribution in [3.05, 3.63) is 75.6 Å². The summed E-state index contributed by atoms with van der Waals surface area (Å²) in [7, 11) is 0. The fourth-order valence-electron chi connectivity index (χ4n) is 2.67. The van der Waals surface area contributed by atoms with Crippen LogP contribution in [0.3, 0.4) is 0 Å². The van der Waals surface area contributed by atoms with E-state index in [1.54, 1.807) is 11.3 Å². The maximum atomic E-state index is 5.91. The van der Waals surface area contributed by atoms with Gasteiger partial charge in [0.05, 0.1) is 5.39 Å². The molecule has 0 bridgehead atoms. The molecule has 2 aromatic heterocycles. The van der Waals surface area contributed by atoms with Crippen LogP contribution in [0.1, 0.15) is 10.4 Å². The lowest BCUT2D eigenvalue weighted by molar-refractivity contribution is 1.24. The van der Waals surface area contributed by atoms with Gasteiger partial charge < -0.3 is 11.1 Å². The average Bonchev–Trinajstić information content (AvgIpc) is 2.98. The highest BCUT2D eigenvalue weighted by Gasteiger charge is 2.12. The van der Waals surface area contributed by atoms with Gasteiger partial charge in [0.25, 0.3) is 0 Å². The van der Waals surface area contributed by atoms with E-state index in [0.29, 0.717) is 0 Å². The number of nitrogens with two attached hydrogens (primary N) is 1. The van der Waals surface area contributed by atoms with Crippen LogP contribution in [0.5, 0.6) is 0 Å². The second kappa shape index (κ2) is 6.82. The molecule has 0 aliphatic rings. The predicted octanol–water partition coefficient (Wildman–Crippen LogP) is 5.37. The third kappa shape index (κ3) is 3.65. The van der Waals surface area contributed by atoms with Crippen LogP contribution in [-0.2, 0) is 6.42 Å². The Kier molecular flexibility index (Phi) is 4.38. The van der Waals surface area contributed by atoms with Gasteiger partial charge in [-0.1, -0.05) is 52.3 Å². The zero-order valence-electron chi connectivity index (χ0n) is 13.2.